The SMILES string of the molecule is CC(Sc1ccccc1C(=O)NC1C2CCOC2C12CCC2)C(=O)O. The van der Waals surface area contributed by atoms with Gasteiger partial charge in [-0.15, -0.1) is 11.8 Å². The van der Waals surface area contributed by atoms with Gasteiger partial charge in [-0.1, -0.05) is 18.6 Å². The highest BCUT2D eigenvalue weighted by molar-refractivity contribution is 8.00. The summed E-state index contributed by atoms with van der Waals surface area (Å²) in [4.78, 5) is 24.8. The first-order valence-corrected chi connectivity index (χ1v) is 9.82. The molecule has 4 rings (SSSR count). The van der Waals surface area contributed by atoms with Gasteiger partial charge >= 0.3 is 5.97 Å². The maximum Gasteiger partial charge on any atom is 0.316 e. The van der Waals surface area contributed by atoms with Crippen LogP contribution in [0, 0.1) is 11.3 Å². The Morgan fingerprint density at radius 2 is 2.12 bits per heavy atom. The number of benzene rings is 1. The molecule has 25 heavy (non-hydrogen) atoms. The molecule has 6 heteroatoms. The lowest BCUT2D eigenvalue weighted by atomic mass is 9.46. The van der Waals surface area contributed by atoms with Gasteiger partial charge in [0.2, 0.25) is 0 Å². The zero-order chi connectivity index (χ0) is 17.6. The average Bonchev–Trinajstić information content (AvgIpc) is 2.96. The first-order valence-electron chi connectivity index (χ1n) is 8.94. The van der Waals surface area contributed by atoms with Gasteiger partial charge in [0.25, 0.3) is 5.91 Å². The van der Waals surface area contributed by atoms with Gasteiger partial charge < -0.3 is 15.2 Å². The highest BCUT2D eigenvalue weighted by Crippen LogP contribution is 2.62. The van der Waals surface area contributed by atoms with E-state index in [0.717, 1.165) is 30.8 Å². The number of amides is 1. The van der Waals surface area contributed by atoms with Gasteiger partial charge in [-0.05, 0) is 38.3 Å². The summed E-state index contributed by atoms with van der Waals surface area (Å²) in [7, 11) is 0. The second kappa shape index (κ2) is 6.32. The molecule has 1 amide bonds. The molecule has 1 aromatic rings. The molecule has 1 saturated heterocycles. The van der Waals surface area contributed by atoms with E-state index in [-0.39, 0.29) is 17.4 Å². The Morgan fingerprint density at radius 3 is 2.80 bits per heavy atom. The summed E-state index contributed by atoms with van der Waals surface area (Å²) < 4.78 is 5.91. The van der Waals surface area contributed by atoms with Crippen LogP contribution in [0.3, 0.4) is 0 Å². The minimum Gasteiger partial charge on any atom is -0.480 e. The highest BCUT2D eigenvalue weighted by Gasteiger charge is 2.66. The van der Waals surface area contributed by atoms with E-state index in [2.05, 4.69) is 5.32 Å². The molecule has 2 aliphatic carbocycles. The normalized spacial score (nSPS) is 30.0. The van der Waals surface area contributed by atoms with Crippen molar-refractivity contribution in [2.45, 2.75) is 54.9 Å². The van der Waals surface area contributed by atoms with Crippen LogP contribution in [0.25, 0.3) is 0 Å². The lowest BCUT2D eigenvalue weighted by molar-refractivity contribution is -0.172. The summed E-state index contributed by atoms with van der Waals surface area (Å²) in [5, 5.41) is 11.8. The van der Waals surface area contributed by atoms with Crippen molar-refractivity contribution in [3.8, 4) is 0 Å². The molecule has 1 spiro atoms. The van der Waals surface area contributed by atoms with Crippen molar-refractivity contribution in [1.82, 2.24) is 5.32 Å². The molecular formula is C19H23NO4S. The first kappa shape index (κ1) is 16.9. The van der Waals surface area contributed by atoms with Crippen LogP contribution in [-0.2, 0) is 9.53 Å². The number of hydrogen-bond acceptors (Lipinski definition) is 4. The van der Waals surface area contributed by atoms with E-state index in [9.17, 15) is 9.59 Å². The van der Waals surface area contributed by atoms with E-state index in [1.807, 2.05) is 18.2 Å². The Kier molecular flexibility index (Phi) is 4.28. The third-order valence-electron chi connectivity index (χ3n) is 6.11. The van der Waals surface area contributed by atoms with E-state index in [4.69, 9.17) is 9.84 Å². The van der Waals surface area contributed by atoms with Crippen LogP contribution in [0.4, 0.5) is 0 Å². The summed E-state index contributed by atoms with van der Waals surface area (Å²) in [6, 6.07) is 7.45. The Balaban J connectivity index is 1.51. The molecule has 0 bridgehead atoms. The van der Waals surface area contributed by atoms with Crippen molar-refractivity contribution < 1.29 is 19.4 Å². The van der Waals surface area contributed by atoms with Gasteiger partial charge in [0.15, 0.2) is 0 Å². The minimum absolute atomic E-state index is 0.0951. The predicted octanol–water partition coefficient (Wildman–Crippen LogP) is 2.94. The number of carbonyl (C=O) groups is 2. The van der Waals surface area contributed by atoms with E-state index in [0.29, 0.717) is 17.6 Å². The number of hydrogen-bond donors (Lipinski definition) is 2. The van der Waals surface area contributed by atoms with Gasteiger partial charge in [-0.2, -0.15) is 0 Å². The molecule has 4 unspecified atom stereocenters. The molecule has 1 aliphatic heterocycles. The van der Waals surface area contributed by atoms with Crippen LogP contribution in [-0.4, -0.2) is 41.0 Å². The number of rotatable bonds is 5. The molecule has 5 nitrogen and oxygen atoms in total. The van der Waals surface area contributed by atoms with E-state index in [1.165, 1.54) is 18.2 Å². The van der Waals surface area contributed by atoms with E-state index < -0.39 is 11.2 Å². The summed E-state index contributed by atoms with van der Waals surface area (Å²) in [6.45, 7) is 2.43. The van der Waals surface area contributed by atoms with Crippen molar-refractivity contribution >= 4 is 23.6 Å². The zero-order valence-electron chi connectivity index (χ0n) is 14.2. The monoisotopic (exact) mass is 361 g/mol. The van der Waals surface area contributed by atoms with Gasteiger partial charge in [-0.3, -0.25) is 9.59 Å². The molecule has 4 atom stereocenters. The Labute approximate surface area is 151 Å². The first-order chi connectivity index (χ1) is 12.0. The summed E-state index contributed by atoms with van der Waals surface area (Å²) in [5.74, 6) is -0.539. The molecule has 1 aromatic carbocycles. The summed E-state index contributed by atoms with van der Waals surface area (Å²) >= 11 is 1.21. The number of aliphatic carboxylic acids is 1. The smallest absolute Gasteiger partial charge is 0.316 e. The van der Waals surface area contributed by atoms with Crippen molar-refractivity contribution in [2.24, 2.45) is 11.3 Å². The van der Waals surface area contributed by atoms with Crippen LogP contribution in [0.5, 0.6) is 0 Å². The van der Waals surface area contributed by atoms with Crippen molar-refractivity contribution in [1.29, 1.82) is 0 Å². The number of thioether (sulfide) groups is 1. The van der Waals surface area contributed by atoms with Crippen LogP contribution >= 0.6 is 11.8 Å². The van der Waals surface area contributed by atoms with Gasteiger partial charge in [0, 0.05) is 28.9 Å². The predicted molar refractivity (Wildman–Crippen MR) is 94.8 cm³/mol. The molecule has 0 radical (unpaired) electrons. The largest absolute Gasteiger partial charge is 0.480 e. The fourth-order valence-corrected chi connectivity index (χ4v) is 5.60. The lowest BCUT2D eigenvalue weighted by Gasteiger charge is -2.63. The molecule has 1 heterocycles. The third kappa shape index (κ3) is 2.66. The number of nitrogens with one attached hydrogen (secondary N) is 1. The molecule has 2 N–H and O–H groups in total. The molecule has 2 saturated carbocycles. The average molecular weight is 361 g/mol. The van der Waals surface area contributed by atoms with Crippen LogP contribution < -0.4 is 5.32 Å². The van der Waals surface area contributed by atoms with E-state index >= 15 is 0 Å². The van der Waals surface area contributed by atoms with E-state index in [1.54, 1.807) is 13.0 Å². The quantitative estimate of drug-likeness (QED) is 0.789. The molecule has 3 fully saturated rings. The van der Waals surface area contributed by atoms with Crippen molar-refractivity contribution in [2.75, 3.05) is 6.61 Å². The Hall–Kier alpha value is -1.53. The summed E-state index contributed by atoms with van der Waals surface area (Å²) in [6.07, 6.45) is 4.81. The zero-order valence-corrected chi connectivity index (χ0v) is 15.1. The second-order valence-corrected chi connectivity index (χ2v) is 8.76. The van der Waals surface area contributed by atoms with Gasteiger partial charge in [0.05, 0.1) is 11.7 Å². The fourth-order valence-electron chi connectivity index (χ4n) is 4.67. The Morgan fingerprint density at radius 1 is 1.36 bits per heavy atom. The summed E-state index contributed by atoms with van der Waals surface area (Å²) in [5.41, 5.74) is 0.713. The number of carboxylic acids is 1. The number of carbonyl (C=O) groups excluding carboxylic acids is 1. The third-order valence-corrected chi connectivity index (χ3v) is 7.27. The van der Waals surface area contributed by atoms with Gasteiger partial charge in [0.1, 0.15) is 5.25 Å². The fraction of sp³-hybridized carbons (Fsp3) is 0.579. The van der Waals surface area contributed by atoms with Gasteiger partial charge in [-0.25, -0.2) is 0 Å². The standard InChI is InChI=1S/C19H23NO4S/c1-11(18(22)23)25-14-6-3-2-5-12(14)17(21)20-15-13-7-10-24-16(13)19(15)8-4-9-19/h2-3,5-6,11,13,15-16H,4,7-10H2,1H3,(H,20,21)(H,22,23). The maximum atomic E-state index is 12.9. The number of ether oxygens (including phenoxy) is 1. The van der Waals surface area contributed by atoms with Crippen LogP contribution in [0.15, 0.2) is 29.2 Å². The lowest BCUT2D eigenvalue weighted by Crippen LogP contribution is -2.71. The van der Waals surface area contributed by atoms with Crippen molar-refractivity contribution in [3.05, 3.63) is 29.8 Å². The molecule has 3 aliphatic rings. The molecular weight excluding hydrogens is 338 g/mol. The van der Waals surface area contributed by atoms with Crippen molar-refractivity contribution in [3.63, 3.8) is 0 Å². The Bertz CT molecular complexity index is 702. The molecule has 134 valence electrons. The number of fused-ring (bicyclic) bond motifs is 2. The molecule has 0 aromatic heterocycles. The van der Waals surface area contributed by atoms with Crippen LogP contribution in [0.2, 0.25) is 0 Å². The topological polar surface area (TPSA) is 75.6 Å². The number of carboxylic acid groups (broad SMARTS) is 1. The highest BCUT2D eigenvalue weighted by atomic mass is 32.2. The minimum atomic E-state index is -0.876. The second-order valence-electron chi connectivity index (χ2n) is 7.38. The maximum absolute atomic E-state index is 12.9. The van der Waals surface area contributed by atoms with Crippen LogP contribution in [0.1, 0.15) is 43.0 Å².